The number of imide groups is 1. The molecule has 10 heteroatoms. The van der Waals surface area contributed by atoms with E-state index in [-0.39, 0.29) is 35.2 Å². The minimum Gasteiger partial charge on any atom is -0.370 e. The van der Waals surface area contributed by atoms with Gasteiger partial charge in [0.15, 0.2) is 0 Å². The van der Waals surface area contributed by atoms with E-state index < -0.39 is 11.9 Å². The maximum absolute atomic E-state index is 13.0. The Kier molecular flexibility index (Phi) is 5.88. The van der Waals surface area contributed by atoms with Crippen LogP contribution >= 0.6 is 11.6 Å². The zero-order chi connectivity index (χ0) is 26.6. The number of anilines is 1. The van der Waals surface area contributed by atoms with Crippen molar-refractivity contribution in [2.24, 2.45) is 5.41 Å². The second-order valence-corrected chi connectivity index (χ2v) is 11.1. The molecule has 3 saturated heterocycles. The average Bonchev–Trinajstić information content (AvgIpc) is 3.22. The molecule has 38 heavy (non-hydrogen) atoms. The van der Waals surface area contributed by atoms with Crippen LogP contribution in [0.5, 0.6) is 0 Å². The number of carbonyl (C=O) groups is 4. The molecule has 1 spiro atoms. The Morgan fingerprint density at radius 1 is 1.08 bits per heavy atom. The summed E-state index contributed by atoms with van der Waals surface area (Å²) >= 11 is 6.02. The van der Waals surface area contributed by atoms with Gasteiger partial charge in [0.05, 0.1) is 6.57 Å². The van der Waals surface area contributed by atoms with Gasteiger partial charge in [-0.05, 0) is 49.1 Å². The molecule has 4 heterocycles. The van der Waals surface area contributed by atoms with Gasteiger partial charge in [0, 0.05) is 66.4 Å². The molecule has 4 amide bonds. The lowest BCUT2D eigenvalue weighted by atomic mass is 9.71. The SMILES string of the molecule is [C-]#[N+]c1cc(C(=O)N2CCC3(CC2)CN(c2ccc4c(c2)CN(C2CCC(=O)NC2=O)C4=O)C3)ccc1Cl. The largest absolute Gasteiger partial charge is 0.370 e. The topological polar surface area (TPSA) is 94.4 Å². The van der Waals surface area contributed by atoms with Crippen LogP contribution in [0.4, 0.5) is 11.4 Å². The van der Waals surface area contributed by atoms with Gasteiger partial charge in [-0.15, -0.1) is 0 Å². The van der Waals surface area contributed by atoms with Crippen LogP contribution in [0.2, 0.25) is 5.02 Å². The normalized spacial score (nSPS) is 22.2. The summed E-state index contributed by atoms with van der Waals surface area (Å²) in [6, 6.07) is 10.1. The summed E-state index contributed by atoms with van der Waals surface area (Å²) in [5.41, 5.74) is 3.51. The van der Waals surface area contributed by atoms with Gasteiger partial charge >= 0.3 is 0 Å². The van der Waals surface area contributed by atoms with Crippen molar-refractivity contribution in [3.8, 4) is 0 Å². The number of likely N-dealkylation sites (tertiary alicyclic amines) is 1. The van der Waals surface area contributed by atoms with E-state index in [0.717, 1.165) is 37.2 Å². The molecule has 4 aliphatic rings. The minimum atomic E-state index is -0.614. The molecule has 4 aliphatic heterocycles. The smallest absolute Gasteiger partial charge is 0.255 e. The third kappa shape index (κ3) is 4.09. The second-order valence-electron chi connectivity index (χ2n) is 10.7. The van der Waals surface area contributed by atoms with Gasteiger partial charge in [-0.25, -0.2) is 4.85 Å². The van der Waals surface area contributed by atoms with Crippen LogP contribution in [0.1, 0.15) is 52.0 Å². The first-order chi connectivity index (χ1) is 18.3. The molecule has 2 aromatic rings. The highest BCUT2D eigenvalue weighted by atomic mass is 35.5. The second kappa shape index (κ2) is 9.14. The number of halogens is 1. The van der Waals surface area contributed by atoms with Crippen molar-refractivity contribution >= 4 is 46.6 Å². The molecule has 0 saturated carbocycles. The van der Waals surface area contributed by atoms with Crippen LogP contribution < -0.4 is 10.2 Å². The van der Waals surface area contributed by atoms with Crippen LogP contribution in [0.25, 0.3) is 4.85 Å². The third-order valence-corrected chi connectivity index (χ3v) is 8.67. The Balaban J connectivity index is 1.07. The minimum absolute atomic E-state index is 0.0681. The lowest BCUT2D eigenvalue weighted by Crippen LogP contribution is -2.61. The molecule has 1 atom stereocenters. The molecule has 0 aliphatic carbocycles. The highest BCUT2D eigenvalue weighted by Gasteiger charge is 2.46. The van der Waals surface area contributed by atoms with Crippen LogP contribution in [-0.4, -0.2) is 65.6 Å². The fourth-order valence-electron chi connectivity index (χ4n) is 6.12. The van der Waals surface area contributed by atoms with Gasteiger partial charge in [-0.3, -0.25) is 24.5 Å². The van der Waals surface area contributed by atoms with Gasteiger partial charge < -0.3 is 14.7 Å². The number of fused-ring (bicyclic) bond motifs is 1. The Bertz CT molecular complexity index is 1420. The number of hydrogen-bond donors (Lipinski definition) is 1. The van der Waals surface area contributed by atoms with Crippen LogP contribution in [-0.2, 0) is 16.1 Å². The van der Waals surface area contributed by atoms with Crippen molar-refractivity contribution < 1.29 is 19.2 Å². The van der Waals surface area contributed by atoms with E-state index in [1.165, 1.54) is 0 Å². The van der Waals surface area contributed by atoms with Crippen molar-refractivity contribution in [3.05, 3.63) is 69.5 Å². The zero-order valence-electron chi connectivity index (χ0n) is 20.7. The summed E-state index contributed by atoms with van der Waals surface area (Å²) in [6.07, 6.45) is 2.41. The third-order valence-electron chi connectivity index (χ3n) is 8.35. The van der Waals surface area contributed by atoms with Crippen molar-refractivity contribution in [2.45, 2.75) is 38.3 Å². The molecule has 2 aromatic carbocycles. The lowest BCUT2D eigenvalue weighted by molar-refractivity contribution is -0.136. The fraction of sp³-hybridized carbons (Fsp3) is 0.393. The van der Waals surface area contributed by atoms with E-state index in [4.69, 9.17) is 18.2 Å². The highest BCUT2D eigenvalue weighted by Crippen LogP contribution is 2.44. The Morgan fingerprint density at radius 3 is 2.55 bits per heavy atom. The summed E-state index contributed by atoms with van der Waals surface area (Å²) in [7, 11) is 0. The number of rotatable bonds is 3. The maximum Gasteiger partial charge on any atom is 0.255 e. The molecule has 9 nitrogen and oxygen atoms in total. The number of hydrogen-bond acceptors (Lipinski definition) is 5. The molecule has 0 bridgehead atoms. The van der Waals surface area contributed by atoms with Crippen LogP contribution in [0, 0.1) is 12.0 Å². The molecular weight excluding hydrogens is 506 g/mol. The predicted octanol–water partition coefficient (Wildman–Crippen LogP) is 3.39. The Labute approximate surface area is 225 Å². The lowest BCUT2D eigenvalue weighted by Gasteiger charge is -2.55. The number of carbonyl (C=O) groups excluding carboxylic acids is 4. The molecule has 0 aromatic heterocycles. The average molecular weight is 532 g/mol. The summed E-state index contributed by atoms with van der Waals surface area (Å²) < 4.78 is 0. The van der Waals surface area contributed by atoms with E-state index in [1.807, 2.05) is 23.1 Å². The summed E-state index contributed by atoms with van der Waals surface area (Å²) in [5.74, 6) is -0.928. The van der Waals surface area contributed by atoms with E-state index in [9.17, 15) is 19.2 Å². The first kappa shape index (κ1) is 24.4. The standard InChI is InChI=1S/C28H26ClN5O4/c1-30-22-13-17(2-5-21(22)29)26(37)32-10-8-28(9-11-32)15-33(16-28)19-3-4-20-18(12-19)14-34(27(20)38)23-6-7-24(35)31-25(23)36/h2-5,12-13,23H,6-11,14-16H2,(H,31,35,36). The van der Waals surface area contributed by atoms with Crippen molar-refractivity contribution in [1.29, 1.82) is 0 Å². The van der Waals surface area contributed by atoms with E-state index in [0.29, 0.717) is 42.2 Å². The molecule has 1 unspecified atom stereocenters. The van der Waals surface area contributed by atoms with E-state index in [1.54, 1.807) is 23.1 Å². The van der Waals surface area contributed by atoms with Crippen molar-refractivity contribution in [3.63, 3.8) is 0 Å². The van der Waals surface area contributed by atoms with Gasteiger partial charge in [-0.2, -0.15) is 0 Å². The van der Waals surface area contributed by atoms with E-state index >= 15 is 0 Å². The highest BCUT2D eigenvalue weighted by molar-refractivity contribution is 6.33. The zero-order valence-corrected chi connectivity index (χ0v) is 21.5. The first-order valence-corrected chi connectivity index (χ1v) is 13.1. The number of piperidine rings is 2. The Morgan fingerprint density at radius 2 is 1.84 bits per heavy atom. The summed E-state index contributed by atoms with van der Waals surface area (Å²) in [5, 5.41) is 2.69. The van der Waals surface area contributed by atoms with Gasteiger partial charge in [0.1, 0.15) is 6.04 Å². The fourth-order valence-corrected chi connectivity index (χ4v) is 6.28. The number of benzene rings is 2. The molecule has 194 valence electrons. The molecule has 6 rings (SSSR count). The predicted molar refractivity (Wildman–Crippen MR) is 140 cm³/mol. The molecule has 0 radical (unpaired) electrons. The number of nitrogens with one attached hydrogen (secondary N) is 1. The van der Waals surface area contributed by atoms with Crippen molar-refractivity contribution in [2.75, 3.05) is 31.1 Å². The Hall–Kier alpha value is -3.90. The van der Waals surface area contributed by atoms with Crippen LogP contribution in [0.15, 0.2) is 36.4 Å². The maximum atomic E-state index is 13.0. The molecular formula is C28H26ClN5O4. The summed E-state index contributed by atoms with van der Waals surface area (Å²) in [6.45, 7) is 10.7. The number of amides is 4. The van der Waals surface area contributed by atoms with Gasteiger partial charge in [0.25, 0.3) is 11.8 Å². The van der Waals surface area contributed by atoms with Crippen molar-refractivity contribution in [1.82, 2.24) is 15.1 Å². The summed E-state index contributed by atoms with van der Waals surface area (Å²) in [4.78, 5) is 58.9. The monoisotopic (exact) mass is 531 g/mol. The van der Waals surface area contributed by atoms with E-state index in [2.05, 4.69) is 15.1 Å². The number of nitrogens with zero attached hydrogens (tertiary/aromatic N) is 4. The van der Waals surface area contributed by atoms with Gasteiger partial charge in [-0.1, -0.05) is 23.7 Å². The quantitative estimate of drug-likeness (QED) is 0.484. The first-order valence-electron chi connectivity index (χ1n) is 12.8. The molecule has 3 fully saturated rings. The molecule has 1 N–H and O–H groups in total. The van der Waals surface area contributed by atoms with Crippen LogP contribution in [0.3, 0.4) is 0 Å². The van der Waals surface area contributed by atoms with Gasteiger partial charge in [0.2, 0.25) is 17.5 Å².